The fourth-order valence-corrected chi connectivity index (χ4v) is 1.16. The van der Waals surface area contributed by atoms with E-state index in [4.69, 9.17) is 4.74 Å². The van der Waals surface area contributed by atoms with Crippen LogP contribution < -0.4 is 5.32 Å². The van der Waals surface area contributed by atoms with Gasteiger partial charge < -0.3 is 10.1 Å². The number of ether oxygens (including phenoxy) is 1. The Bertz CT molecular complexity index is 174. The van der Waals surface area contributed by atoms with Gasteiger partial charge >= 0.3 is 6.18 Å². The zero-order valence-corrected chi connectivity index (χ0v) is 9.74. The standard InChI is InChI=1S/C10H20F3NO/c1-9(2,3)8(14-4)7-15-6-5-10(11,12)13/h8,14H,5-7H2,1-4H3. The van der Waals surface area contributed by atoms with Gasteiger partial charge in [0.05, 0.1) is 19.6 Å². The van der Waals surface area contributed by atoms with Crippen LogP contribution in [0, 0.1) is 5.41 Å². The Morgan fingerprint density at radius 3 is 2.07 bits per heavy atom. The fraction of sp³-hybridized carbons (Fsp3) is 1.00. The van der Waals surface area contributed by atoms with Crippen molar-refractivity contribution in [3.8, 4) is 0 Å². The minimum absolute atomic E-state index is 0.0209. The highest BCUT2D eigenvalue weighted by molar-refractivity contribution is 4.78. The molecular weight excluding hydrogens is 207 g/mol. The molecule has 15 heavy (non-hydrogen) atoms. The molecule has 0 aliphatic heterocycles. The van der Waals surface area contributed by atoms with Gasteiger partial charge in [0.2, 0.25) is 0 Å². The molecule has 2 nitrogen and oxygen atoms in total. The Morgan fingerprint density at radius 2 is 1.73 bits per heavy atom. The molecule has 0 saturated carbocycles. The van der Waals surface area contributed by atoms with Gasteiger partial charge in [-0.2, -0.15) is 13.2 Å². The highest BCUT2D eigenvalue weighted by Gasteiger charge is 2.27. The second-order valence-electron chi connectivity index (χ2n) is 4.65. The van der Waals surface area contributed by atoms with Crippen LogP contribution in [0.5, 0.6) is 0 Å². The maximum absolute atomic E-state index is 11.8. The normalized spacial score (nSPS) is 15.4. The summed E-state index contributed by atoms with van der Waals surface area (Å²) in [6, 6.07) is 0.0609. The second-order valence-corrected chi connectivity index (χ2v) is 4.65. The van der Waals surface area contributed by atoms with Crippen LogP contribution in [0.15, 0.2) is 0 Å². The first-order chi connectivity index (χ1) is 6.67. The van der Waals surface area contributed by atoms with Crippen LogP contribution in [0.2, 0.25) is 0 Å². The molecule has 5 heteroatoms. The monoisotopic (exact) mass is 227 g/mol. The third kappa shape index (κ3) is 7.62. The van der Waals surface area contributed by atoms with Crippen molar-refractivity contribution >= 4 is 0 Å². The van der Waals surface area contributed by atoms with Crippen LogP contribution in [0.25, 0.3) is 0 Å². The van der Waals surface area contributed by atoms with E-state index in [9.17, 15) is 13.2 Å². The van der Waals surface area contributed by atoms with E-state index >= 15 is 0 Å². The third-order valence-corrected chi connectivity index (χ3v) is 2.21. The summed E-state index contributed by atoms with van der Waals surface area (Å²) in [6.07, 6.45) is -5.01. The maximum Gasteiger partial charge on any atom is 0.391 e. The number of hydrogen-bond donors (Lipinski definition) is 1. The van der Waals surface area contributed by atoms with Crippen LogP contribution in [0.4, 0.5) is 13.2 Å². The summed E-state index contributed by atoms with van der Waals surface area (Å²) in [5.74, 6) is 0. The van der Waals surface area contributed by atoms with Crippen LogP contribution in [-0.4, -0.2) is 32.5 Å². The first-order valence-electron chi connectivity index (χ1n) is 4.98. The Labute approximate surface area is 89.2 Å². The minimum Gasteiger partial charge on any atom is -0.379 e. The summed E-state index contributed by atoms with van der Waals surface area (Å²) in [5.41, 5.74) is -0.0209. The largest absolute Gasteiger partial charge is 0.391 e. The van der Waals surface area contributed by atoms with Crippen molar-refractivity contribution < 1.29 is 17.9 Å². The van der Waals surface area contributed by atoms with Gasteiger partial charge in [0.1, 0.15) is 0 Å². The number of hydrogen-bond acceptors (Lipinski definition) is 2. The van der Waals surface area contributed by atoms with Crippen LogP contribution in [0.1, 0.15) is 27.2 Å². The Morgan fingerprint density at radius 1 is 1.20 bits per heavy atom. The number of likely N-dealkylation sites (N-methyl/N-ethyl adjacent to an activating group) is 1. The molecule has 0 heterocycles. The van der Waals surface area contributed by atoms with Gasteiger partial charge in [-0.15, -0.1) is 0 Å². The molecule has 1 atom stereocenters. The summed E-state index contributed by atoms with van der Waals surface area (Å²) in [7, 11) is 1.78. The van der Waals surface area contributed by atoms with Crippen molar-refractivity contribution in [1.82, 2.24) is 5.32 Å². The van der Waals surface area contributed by atoms with Gasteiger partial charge in [-0.05, 0) is 12.5 Å². The summed E-state index contributed by atoms with van der Waals surface area (Å²) in [6.45, 7) is 6.08. The predicted molar refractivity (Wildman–Crippen MR) is 53.8 cm³/mol. The SMILES string of the molecule is CNC(COCCC(F)(F)F)C(C)(C)C. The van der Waals surface area contributed by atoms with Gasteiger partial charge in [0.25, 0.3) is 0 Å². The van der Waals surface area contributed by atoms with Crippen LogP contribution in [-0.2, 0) is 4.74 Å². The van der Waals surface area contributed by atoms with Gasteiger partial charge in [0.15, 0.2) is 0 Å². The lowest BCUT2D eigenvalue weighted by atomic mass is 9.87. The molecule has 1 N–H and O–H groups in total. The smallest absolute Gasteiger partial charge is 0.379 e. The quantitative estimate of drug-likeness (QED) is 0.729. The van der Waals surface area contributed by atoms with Crippen molar-refractivity contribution in [3.63, 3.8) is 0 Å². The molecular formula is C10H20F3NO. The minimum atomic E-state index is -4.13. The Kier molecular flexibility index (Phi) is 5.59. The van der Waals surface area contributed by atoms with Gasteiger partial charge in [-0.25, -0.2) is 0 Å². The molecule has 0 rings (SSSR count). The van der Waals surface area contributed by atoms with E-state index < -0.39 is 12.6 Å². The zero-order valence-electron chi connectivity index (χ0n) is 9.74. The molecule has 1 unspecified atom stereocenters. The third-order valence-electron chi connectivity index (χ3n) is 2.21. The molecule has 0 bridgehead atoms. The van der Waals surface area contributed by atoms with E-state index in [0.29, 0.717) is 6.61 Å². The van der Waals surface area contributed by atoms with E-state index in [0.717, 1.165) is 0 Å². The Hall–Kier alpha value is -0.290. The first-order valence-corrected chi connectivity index (χ1v) is 4.98. The predicted octanol–water partition coefficient (Wildman–Crippen LogP) is 2.59. The average molecular weight is 227 g/mol. The van der Waals surface area contributed by atoms with Gasteiger partial charge in [0, 0.05) is 6.04 Å². The van der Waals surface area contributed by atoms with Crippen molar-refractivity contribution in [2.45, 2.75) is 39.4 Å². The van der Waals surface area contributed by atoms with E-state index in [1.54, 1.807) is 7.05 Å². The maximum atomic E-state index is 11.8. The van der Waals surface area contributed by atoms with Crippen LogP contribution in [0.3, 0.4) is 0 Å². The van der Waals surface area contributed by atoms with Crippen molar-refractivity contribution in [2.24, 2.45) is 5.41 Å². The van der Waals surface area contributed by atoms with E-state index in [1.807, 2.05) is 20.8 Å². The molecule has 0 fully saturated rings. The lowest BCUT2D eigenvalue weighted by molar-refractivity contribution is -0.146. The highest BCUT2D eigenvalue weighted by atomic mass is 19.4. The first kappa shape index (κ1) is 14.7. The van der Waals surface area contributed by atoms with Gasteiger partial charge in [-0.3, -0.25) is 0 Å². The molecule has 0 saturated heterocycles. The van der Waals surface area contributed by atoms with Crippen molar-refractivity contribution in [2.75, 3.05) is 20.3 Å². The van der Waals surface area contributed by atoms with E-state index in [2.05, 4.69) is 5.32 Å². The Balaban J connectivity index is 3.75. The number of nitrogens with one attached hydrogen (secondary N) is 1. The summed E-state index contributed by atoms with van der Waals surface area (Å²) in [4.78, 5) is 0. The van der Waals surface area contributed by atoms with E-state index in [-0.39, 0.29) is 18.1 Å². The summed E-state index contributed by atoms with van der Waals surface area (Å²) < 4.78 is 40.4. The van der Waals surface area contributed by atoms with Crippen molar-refractivity contribution in [3.05, 3.63) is 0 Å². The lowest BCUT2D eigenvalue weighted by Crippen LogP contribution is -2.42. The molecule has 0 aromatic heterocycles. The fourth-order valence-electron chi connectivity index (χ4n) is 1.16. The number of rotatable bonds is 5. The highest BCUT2D eigenvalue weighted by Crippen LogP contribution is 2.21. The molecule has 0 aromatic rings. The zero-order chi connectivity index (χ0) is 12.1. The topological polar surface area (TPSA) is 21.3 Å². The van der Waals surface area contributed by atoms with Crippen LogP contribution >= 0.6 is 0 Å². The van der Waals surface area contributed by atoms with Gasteiger partial charge in [-0.1, -0.05) is 20.8 Å². The van der Waals surface area contributed by atoms with E-state index in [1.165, 1.54) is 0 Å². The molecule has 92 valence electrons. The number of alkyl halides is 3. The molecule has 0 amide bonds. The van der Waals surface area contributed by atoms with Crippen molar-refractivity contribution in [1.29, 1.82) is 0 Å². The molecule has 0 aliphatic rings. The summed E-state index contributed by atoms with van der Waals surface area (Å²) >= 11 is 0. The molecule has 0 radical (unpaired) electrons. The average Bonchev–Trinajstić information content (AvgIpc) is 1.99. The second kappa shape index (κ2) is 5.70. The molecule has 0 aromatic carbocycles. The summed E-state index contributed by atoms with van der Waals surface area (Å²) in [5, 5.41) is 3.03. The molecule has 0 aliphatic carbocycles. The molecule has 0 spiro atoms. The lowest BCUT2D eigenvalue weighted by Gasteiger charge is -2.30. The number of halogens is 3.